The molecule has 1 atom stereocenters. The van der Waals surface area contributed by atoms with Crippen LogP contribution in [-0.2, 0) is 5.41 Å². The summed E-state index contributed by atoms with van der Waals surface area (Å²) in [5, 5.41) is 0.623. The lowest BCUT2D eigenvalue weighted by atomic mass is 9.79. The van der Waals surface area contributed by atoms with Crippen molar-refractivity contribution in [1.29, 1.82) is 0 Å². The lowest BCUT2D eigenvalue weighted by molar-refractivity contribution is 0.346. The highest BCUT2D eigenvalue weighted by Crippen LogP contribution is 2.33. The molecular weight excluding hydrogens is 280 g/mol. The first-order valence-electron chi connectivity index (χ1n) is 8.60. The van der Waals surface area contributed by atoms with E-state index < -0.39 is 0 Å². The number of halogens is 1. The zero-order valence-corrected chi connectivity index (χ0v) is 14.8. The van der Waals surface area contributed by atoms with Crippen LogP contribution in [0.2, 0.25) is 5.02 Å². The van der Waals surface area contributed by atoms with Crippen molar-refractivity contribution >= 4 is 11.6 Å². The fourth-order valence-electron chi connectivity index (χ4n) is 2.86. The average molecular weight is 311 g/mol. The van der Waals surface area contributed by atoms with Crippen molar-refractivity contribution in [2.75, 3.05) is 0 Å². The topological polar surface area (TPSA) is 25.8 Å². The van der Waals surface area contributed by atoms with Crippen LogP contribution >= 0.6 is 11.6 Å². The van der Waals surface area contributed by atoms with Crippen LogP contribution in [0.15, 0.2) is 12.4 Å². The third-order valence-electron chi connectivity index (χ3n) is 4.32. The van der Waals surface area contributed by atoms with Gasteiger partial charge >= 0.3 is 0 Å². The van der Waals surface area contributed by atoms with E-state index in [-0.39, 0.29) is 5.41 Å². The van der Waals surface area contributed by atoms with Crippen molar-refractivity contribution in [2.45, 2.75) is 90.4 Å². The Bertz CT molecular complexity index is 377. The zero-order valence-electron chi connectivity index (χ0n) is 14.0. The number of nitrogens with zero attached hydrogens (tertiary/aromatic N) is 2. The molecule has 0 aliphatic heterocycles. The number of hydrogen-bond donors (Lipinski definition) is 0. The number of unbranched alkanes of at least 4 members (excludes halogenated alkanes) is 6. The minimum Gasteiger partial charge on any atom is -0.239 e. The van der Waals surface area contributed by atoms with Gasteiger partial charge in [-0.2, -0.15) is 0 Å². The summed E-state index contributed by atoms with van der Waals surface area (Å²) in [5.41, 5.74) is 0.103. The van der Waals surface area contributed by atoms with E-state index in [4.69, 9.17) is 11.6 Å². The molecule has 0 bridgehead atoms. The molecule has 0 aliphatic carbocycles. The van der Waals surface area contributed by atoms with Gasteiger partial charge in [0.15, 0.2) is 0 Å². The maximum Gasteiger partial charge on any atom is 0.134 e. The van der Waals surface area contributed by atoms with E-state index in [1.54, 1.807) is 12.4 Å². The SMILES string of the molecule is CCCCCCCC(C)(CCCCC)c1ncc(Cl)cn1. The minimum atomic E-state index is 0.103. The van der Waals surface area contributed by atoms with Crippen LogP contribution in [0.3, 0.4) is 0 Å². The highest BCUT2D eigenvalue weighted by molar-refractivity contribution is 6.30. The summed E-state index contributed by atoms with van der Waals surface area (Å²) in [4.78, 5) is 9.00. The van der Waals surface area contributed by atoms with Crippen LogP contribution in [-0.4, -0.2) is 9.97 Å². The molecule has 0 N–H and O–H groups in total. The Morgan fingerprint density at radius 1 is 0.857 bits per heavy atom. The van der Waals surface area contributed by atoms with Crippen molar-refractivity contribution in [3.8, 4) is 0 Å². The molecule has 0 saturated carbocycles. The monoisotopic (exact) mass is 310 g/mol. The molecule has 0 radical (unpaired) electrons. The second-order valence-corrected chi connectivity index (χ2v) is 6.84. The summed E-state index contributed by atoms with van der Waals surface area (Å²) in [7, 11) is 0. The Kier molecular flexibility index (Phi) is 8.91. The van der Waals surface area contributed by atoms with Crippen LogP contribution in [0.4, 0.5) is 0 Å². The van der Waals surface area contributed by atoms with E-state index in [2.05, 4.69) is 30.7 Å². The van der Waals surface area contributed by atoms with Crippen molar-refractivity contribution in [3.05, 3.63) is 23.2 Å². The van der Waals surface area contributed by atoms with Gasteiger partial charge in [0.1, 0.15) is 5.82 Å². The van der Waals surface area contributed by atoms with Gasteiger partial charge in [0.05, 0.1) is 5.02 Å². The summed E-state index contributed by atoms with van der Waals surface area (Å²) in [5.74, 6) is 0.971. The Balaban J connectivity index is 2.62. The molecule has 0 saturated heterocycles. The maximum atomic E-state index is 5.93. The van der Waals surface area contributed by atoms with Crippen LogP contribution in [0.1, 0.15) is 90.8 Å². The predicted octanol–water partition coefficient (Wildman–Crippen LogP) is 6.33. The Hall–Kier alpha value is -0.630. The second-order valence-electron chi connectivity index (χ2n) is 6.41. The van der Waals surface area contributed by atoms with E-state index in [1.165, 1.54) is 64.2 Å². The van der Waals surface area contributed by atoms with E-state index in [0.29, 0.717) is 5.02 Å². The minimum absolute atomic E-state index is 0.103. The molecule has 1 rings (SSSR count). The molecule has 120 valence electrons. The van der Waals surface area contributed by atoms with Gasteiger partial charge in [-0.1, -0.05) is 83.7 Å². The molecule has 1 unspecified atom stereocenters. The highest BCUT2D eigenvalue weighted by atomic mass is 35.5. The van der Waals surface area contributed by atoms with E-state index in [0.717, 1.165) is 5.82 Å². The molecule has 0 fully saturated rings. The Morgan fingerprint density at radius 3 is 1.90 bits per heavy atom. The van der Waals surface area contributed by atoms with Gasteiger partial charge < -0.3 is 0 Å². The van der Waals surface area contributed by atoms with Crippen LogP contribution in [0.5, 0.6) is 0 Å². The molecule has 0 aliphatic rings. The lowest BCUT2D eigenvalue weighted by Crippen LogP contribution is -2.25. The Morgan fingerprint density at radius 2 is 1.33 bits per heavy atom. The van der Waals surface area contributed by atoms with Crippen molar-refractivity contribution in [3.63, 3.8) is 0 Å². The van der Waals surface area contributed by atoms with Gasteiger partial charge in [-0.15, -0.1) is 0 Å². The van der Waals surface area contributed by atoms with Gasteiger partial charge in [0.25, 0.3) is 0 Å². The zero-order chi connectivity index (χ0) is 15.6. The third kappa shape index (κ3) is 6.78. The molecular formula is C18H31ClN2. The molecule has 2 nitrogen and oxygen atoms in total. The molecule has 0 spiro atoms. The summed E-state index contributed by atoms with van der Waals surface area (Å²) < 4.78 is 0. The first kappa shape index (κ1) is 18.4. The summed E-state index contributed by atoms with van der Waals surface area (Å²) >= 11 is 5.93. The van der Waals surface area contributed by atoms with Crippen LogP contribution < -0.4 is 0 Å². The smallest absolute Gasteiger partial charge is 0.134 e. The molecule has 0 aromatic carbocycles. The first-order chi connectivity index (χ1) is 10.1. The fraction of sp³-hybridized carbons (Fsp3) is 0.778. The largest absolute Gasteiger partial charge is 0.239 e. The molecule has 1 aromatic rings. The summed E-state index contributed by atoms with van der Waals surface area (Å²) in [6, 6.07) is 0. The Labute approximate surface area is 135 Å². The van der Waals surface area contributed by atoms with Gasteiger partial charge in [-0.05, 0) is 12.8 Å². The lowest BCUT2D eigenvalue weighted by Gasteiger charge is -2.28. The maximum absolute atomic E-state index is 5.93. The normalized spacial score (nSPS) is 14.1. The molecule has 21 heavy (non-hydrogen) atoms. The number of rotatable bonds is 11. The first-order valence-corrected chi connectivity index (χ1v) is 8.98. The number of hydrogen-bond acceptors (Lipinski definition) is 2. The van der Waals surface area contributed by atoms with Gasteiger partial charge in [0, 0.05) is 17.8 Å². The standard InChI is InChI=1S/C18H31ClN2/c1-4-6-8-9-11-13-18(3,12-10-7-5-2)17-20-14-16(19)15-21-17/h14-15H,4-13H2,1-3H3. The van der Waals surface area contributed by atoms with Gasteiger partial charge in [0.2, 0.25) is 0 Å². The third-order valence-corrected chi connectivity index (χ3v) is 4.52. The highest BCUT2D eigenvalue weighted by Gasteiger charge is 2.28. The molecule has 1 heterocycles. The summed E-state index contributed by atoms with van der Waals surface area (Å²) in [6.07, 6.45) is 16.2. The average Bonchev–Trinajstić information content (AvgIpc) is 2.48. The van der Waals surface area contributed by atoms with E-state index >= 15 is 0 Å². The molecule has 0 amide bonds. The van der Waals surface area contributed by atoms with Crippen molar-refractivity contribution in [1.82, 2.24) is 9.97 Å². The molecule has 3 heteroatoms. The predicted molar refractivity (Wildman–Crippen MR) is 91.9 cm³/mol. The summed E-state index contributed by atoms with van der Waals surface area (Å²) in [6.45, 7) is 6.84. The molecule has 1 aromatic heterocycles. The van der Waals surface area contributed by atoms with Crippen molar-refractivity contribution in [2.24, 2.45) is 0 Å². The van der Waals surface area contributed by atoms with Crippen LogP contribution in [0, 0.1) is 0 Å². The van der Waals surface area contributed by atoms with Crippen LogP contribution in [0.25, 0.3) is 0 Å². The fourth-order valence-corrected chi connectivity index (χ4v) is 2.95. The quantitative estimate of drug-likeness (QED) is 0.446. The second kappa shape index (κ2) is 10.2. The number of aromatic nitrogens is 2. The van der Waals surface area contributed by atoms with E-state index in [1.807, 2.05) is 0 Å². The van der Waals surface area contributed by atoms with Gasteiger partial charge in [-0.3, -0.25) is 0 Å². The van der Waals surface area contributed by atoms with Gasteiger partial charge in [-0.25, -0.2) is 9.97 Å². The van der Waals surface area contributed by atoms with Crippen molar-refractivity contribution < 1.29 is 0 Å². The van der Waals surface area contributed by atoms with E-state index in [9.17, 15) is 0 Å².